The molecule has 0 aliphatic heterocycles. The van der Waals surface area contributed by atoms with Crippen molar-refractivity contribution in [2.75, 3.05) is 6.54 Å². The molecule has 0 unspecified atom stereocenters. The highest BCUT2D eigenvalue weighted by Crippen LogP contribution is 2.23. The SMILES string of the molecule is O=C(ON[C@H](CNC(=O)c1cc2ncccc2s1)C(=O)OCc1ccccc1)c1ccccc1. The molecule has 0 bridgehead atoms. The molecule has 2 heterocycles. The fraction of sp³-hybridized carbons (Fsp3) is 0.120. The lowest BCUT2D eigenvalue weighted by Crippen LogP contribution is -2.47. The molecule has 9 heteroatoms. The summed E-state index contributed by atoms with van der Waals surface area (Å²) < 4.78 is 6.24. The number of esters is 1. The highest BCUT2D eigenvalue weighted by molar-refractivity contribution is 7.20. The highest BCUT2D eigenvalue weighted by atomic mass is 32.1. The van der Waals surface area contributed by atoms with Crippen LogP contribution in [0.5, 0.6) is 0 Å². The standard InChI is InChI=1S/C25H21N3O5S/c29-23(22-14-19-21(34-22)12-7-13-26-19)27-15-20(25(31)32-16-17-8-3-1-4-9-17)28-33-24(30)18-10-5-2-6-11-18/h1-14,20,28H,15-16H2,(H,27,29)/t20-/m1/s1. The third kappa shape index (κ3) is 6.03. The summed E-state index contributed by atoms with van der Waals surface area (Å²) in [5, 5.41) is 2.69. The number of hydroxylamine groups is 1. The summed E-state index contributed by atoms with van der Waals surface area (Å²) in [6.07, 6.45) is 1.65. The second-order valence-electron chi connectivity index (χ2n) is 7.23. The maximum absolute atomic E-state index is 12.7. The number of nitrogens with zero attached hydrogens (tertiary/aromatic N) is 1. The second kappa shape index (κ2) is 11.2. The van der Waals surface area contributed by atoms with Crippen molar-refractivity contribution in [3.63, 3.8) is 0 Å². The van der Waals surface area contributed by atoms with E-state index in [1.165, 1.54) is 11.3 Å². The van der Waals surface area contributed by atoms with Crippen LogP contribution < -0.4 is 10.8 Å². The minimum atomic E-state index is -1.12. The number of rotatable bonds is 9. The summed E-state index contributed by atoms with van der Waals surface area (Å²) in [4.78, 5) is 47.4. The van der Waals surface area contributed by atoms with E-state index in [2.05, 4.69) is 15.8 Å². The summed E-state index contributed by atoms with van der Waals surface area (Å²) in [5.74, 6) is -1.72. The van der Waals surface area contributed by atoms with Crippen molar-refractivity contribution in [3.8, 4) is 0 Å². The first kappa shape index (κ1) is 23.1. The number of thiophene rings is 1. The Hall–Kier alpha value is -4.08. The van der Waals surface area contributed by atoms with E-state index >= 15 is 0 Å². The van der Waals surface area contributed by atoms with Gasteiger partial charge in [-0.25, -0.2) is 4.79 Å². The van der Waals surface area contributed by atoms with Crippen LogP contribution in [-0.2, 0) is 21.0 Å². The summed E-state index contributed by atoms with van der Waals surface area (Å²) in [6.45, 7) is -0.114. The largest absolute Gasteiger partial charge is 0.460 e. The van der Waals surface area contributed by atoms with Gasteiger partial charge in [-0.05, 0) is 35.9 Å². The molecule has 1 atom stereocenters. The van der Waals surface area contributed by atoms with E-state index in [-0.39, 0.29) is 19.1 Å². The van der Waals surface area contributed by atoms with Gasteiger partial charge in [0.25, 0.3) is 5.91 Å². The van der Waals surface area contributed by atoms with Crippen LogP contribution in [0.15, 0.2) is 85.1 Å². The summed E-state index contributed by atoms with van der Waals surface area (Å²) in [7, 11) is 0. The van der Waals surface area contributed by atoms with E-state index in [1.807, 2.05) is 36.4 Å². The summed E-state index contributed by atoms with van der Waals surface area (Å²) >= 11 is 1.29. The zero-order valence-corrected chi connectivity index (χ0v) is 18.8. The van der Waals surface area contributed by atoms with Crippen LogP contribution in [-0.4, -0.2) is 35.4 Å². The maximum Gasteiger partial charge on any atom is 0.356 e. The minimum Gasteiger partial charge on any atom is -0.460 e. The fourth-order valence-corrected chi connectivity index (χ4v) is 3.96. The Kier molecular flexibility index (Phi) is 7.59. The Morgan fingerprint density at radius 2 is 1.68 bits per heavy atom. The van der Waals surface area contributed by atoms with Gasteiger partial charge >= 0.3 is 11.9 Å². The molecule has 0 saturated carbocycles. The zero-order chi connectivity index (χ0) is 23.8. The number of aromatic nitrogens is 1. The van der Waals surface area contributed by atoms with Gasteiger partial charge in [-0.15, -0.1) is 16.8 Å². The summed E-state index contributed by atoms with van der Waals surface area (Å²) in [5.41, 5.74) is 4.27. The average molecular weight is 476 g/mol. The van der Waals surface area contributed by atoms with Crippen LogP contribution in [0.2, 0.25) is 0 Å². The molecule has 0 fully saturated rings. The molecule has 0 radical (unpaired) electrons. The second-order valence-corrected chi connectivity index (χ2v) is 8.31. The highest BCUT2D eigenvalue weighted by Gasteiger charge is 2.24. The van der Waals surface area contributed by atoms with Gasteiger partial charge in [0, 0.05) is 12.7 Å². The lowest BCUT2D eigenvalue weighted by molar-refractivity contribution is -0.150. The molecule has 2 aromatic heterocycles. The molecule has 172 valence electrons. The Bertz CT molecular complexity index is 1240. The molecule has 1 amide bonds. The van der Waals surface area contributed by atoms with Crippen LogP contribution in [0.25, 0.3) is 10.2 Å². The molecule has 0 aliphatic carbocycles. The Balaban J connectivity index is 1.40. The number of ether oxygens (including phenoxy) is 1. The number of benzene rings is 2. The molecule has 34 heavy (non-hydrogen) atoms. The van der Waals surface area contributed by atoms with E-state index in [1.54, 1.807) is 48.7 Å². The van der Waals surface area contributed by atoms with Gasteiger partial charge in [-0.3, -0.25) is 14.6 Å². The Morgan fingerprint density at radius 1 is 0.941 bits per heavy atom. The van der Waals surface area contributed by atoms with Crippen LogP contribution in [0.3, 0.4) is 0 Å². The van der Waals surface area contributed by atoms with Gasteiger partial charge in [0.05, 0.1) is 20.7 Å². The Morgan fingerprint density at radius 3 is 2.41 bits per heavy atom. The molecule has 4 aromatic rings. The topological polar surface area (TPSA) is 107 Å². The van der Waals surface area contributed by atoms with Gasteiger partial charge in [-0.2, -0.15) is 0 Å². The summed E-state index contributed by atoms with van der Waals surface area (Å²) in [6, 6.07) is 21.7. The number of nitrogens with one attached hydrogen (secondary N) is 2. The normalized spacial score (nSPS) is 11.5. The predicted octanol–water partition coefficient (Wildman–Crippen LogP) is 3.50. The molecule has 0 saturated heterocycles. The van der Waals surface area contributed by atoms with Crippen molar-refractivity contribution in [1.82, 2.24) is 15.8 Å². The molecule has 8 nitrogen and oxygen atoms in total. The maximum atomic E-state index is 12.7. The number of fused-ring (bicyclic) bond motifs is 1. The fourth-order valence-electron chi connectivity index (χ4n) is 3.02. The first-order valence-electron chi connectivity index (χ1n) is 10.5. The van der Waals surface area contributed by atoms with Crippen molar-refractivity contribution in [2.45, 2.75) is 12.6 Å². The van der Waals surface area contributed by atoms with Gasteiger partial charge in [0.15, 0.2) is 6.04 Å². The number of carbonyl (C=O) groups is 3. The zero-order valence-electron chi connectivity index (χ0n) is 18.0. The molecule has 2 aromatic carbocycles. The molecular weight excluding hydrogens is 454 g/mol. The molecule has 2 N–H and O–H groups in total. The van der Waals surface area contributed by atoms with Crippen molar-refractivity contribution in [3.05, 3.63) is 101 Å². The monoisotopic (exact) mass is 475 g/mol. The van der Waals surface area contributed by atoms with E-state index < -0.39 is 18.0 Å². The number of carbonyl (C=O) groups excluding carboxylic acids is 3. The van der Waals surface area contributed by atoms with Crippen LogP contribution in [0.1, 0.15) is 25.6 Å². The number of amides is 1. The number of hydrogen-bond acceptors (Lipinski definition) is 8. The molecule has 0 aliphatic rings. The molecule has 0 spiro atoms. The van der Waals surface area contributed by atoms with E-state index in [0.29, 0.717) is 16.0 Å². The smallest absolute Gasteiger partial charge is 0.356 e. The van der Waals surface area contributed by atoms with Crippen LogP contribution >= 0.6 is 11.3 Å². The Labute approximate surface area is 199 Å². The lowest BCUT2D eigenvalue weighted by atomic mass is 10.2. The van der Waals surface area contributed by atoms with Crippen LogP contribution in [0, 0.1) is 0 Å². The minimum absolute atomic E-state index is 0.0421. The third-order valence-corrected chi connectivity index (χ3v) is 5.88. The predicted molar refractivity (Wildman–Crippen MR) is 127 cm³/mol. The lowest BCUT2D eigenvalue weighted by Gasteiger charge is -2.17. The van der Waals surface area contributed by atoms with Gasteiger partial charge in [-0.1, -0.05) is 48.5 Å². The van der Waals surface area contributed by atoms with Crippen molar-refractivity contribution < 1.29 is 24.0 Å². The van der Waals surface area contributed by atoms with Gasteiger partial charge in [0.1, 0.15) is 6.61 Å². The average Bonchev–Trinajstić information content (AvgIpc) is 3.33. The quantitative estimate of drug-likeness (QED) is 0.282. The van der Waals surface area contributed by atoms with E-state index in [9.17, 15) is 14.4 Å². The van der Waals surface area contributed by atoms with Crippen molar-refractivity contribution in [1.29, 1.82) is 0 Å². The third-order valence-electron chi connectivity index (χ3n) is 4.79. The van der Waals surface area contributed by atoms with Crippen LogP contribution in [0.4, 0.5) is 0 Å². The number of hydrogen-bond donors (Lipinski definition) is 2. The van der Waals surface area contributed by atoms with E-state index in [0.717, 1.165) is 10.3 Å². The van der Waals surface area contributed by atoms with E-state index in [4.69, 9.17) is 9.57 Å². The first-order chi connectivity index (χ1) is 16.6. The molecular formula is C25H21N3O5S. The van der Waals surface area contributed by atoms with Crippen molar-refractivity contribution in [2.24, 2.45) is 0 Å². The van der Waals surface area contributed by atoms with Crippen molar-refractivity contribution >= 4 is 39.4 Å². The first-order valence-corrected chi connectivity index (χ1v) is 11.3. The van der Waals surface area contributed by atoms with Gasteiger partial charge in [0.2, 0.25) is 0 Å². The number of pyridine rings is 1. The molecule has 4 rings (SSSR count). The van der Waals surface area contributed by atoms with Gasteiger partial charge < -0.3 is 14.9 Å².